The fraction of sp³-hybridized carbons (Fsp3) is 0.600. The van der Waals surface area contributed by atoms with Crippen molar-refractivity contribution in [2.75, 3.05) is 39.1 Å². The lowest BCUT2D eigenvalue weighted by atomic mass is 9.99. The van der Waals surface area contributed by atoms with Crippen LogP contribution in [-0.4, -0.2) is 61.5 Å². The maximum atomic E-state index is 12.1. The Bertz CT molecular complexity index is 745. The molecule has 1 atom stereocenters. The van der Waals surface area contributed by atoms with Crippen LogP contribution < -0.4 is 14.8 Å². The maximum Gasteiger partial charge on any atom is 0.240 e. The molecule has 142 valence electrons. The quantitative estimate of drug-likeness (QED) is 0.503. The van der Waals surface area contributed by atoms with Gasteiger partial charge in [-0.25, -0.2) is 26.3 Å². The van der Waals surface area contributed by atoms with Crippen molar-refractivity contribution in [3.8, 4) is 0 Å². The van der Waals surface area contributed by atoms with E-state index in [4.69, 9.17) is 4.74 Å². The lowest BCUT2D eigenvalue weighted by Gasteiger charge is -2.28. The highest BCUT2D eigenvalue weighted by molar-refractivity contribution is 7.90. The van der Waals surface area contributed by atoms with Crippen molar-refractivity contribution in [1.82, 2.24) is 14.8 Å². The van der Waals surface area contributed by atoms with E-state index in [2.05, 4.69) is 14.8 Å². The molecule has 1 heterocycles. The second-order valence-electron chi connectivity index (χ2n) is 6.09. The highest BCUT2D eigenvalue weighted by atomic mass is 32.2. The van der Waals surface area contributed by atoms with E-state index in [9.17, 15) is 16.8 Å². The minimum absolute atomic E-state index is 0.106. The van der Waals surface area contributed by atoms with Gasteiger partial charge in [-0.05, 0) is 31.5 Å². The first-order valence-electron chi connectivity index (χ1n) is 8.05. The summed E-state index contributed by atoms with van der Waals surface area (Å²) in [5.74, 6) is -0.331. The third-order valence-electron chi connectivity index (χ3n) is 4.10. The Morgan fingerprint density at radius 2 is 1.88 bits per heavy atom. The van der Waals surface area contributed by atoms with E-state index in [1.165, 1.54) is 12.1 Å². The summed E-state index contributed by atoms with van der Waals surface area (Å²) in [4.78, 5) is 0.106. The first-order chi connectivity index (χ1) is 11.8. The van der Waals surface area contributed by atoms with E-state index in [0.29, 0.717) is 6.61 Å². The average molecular weight is 392 g/mol. The normalized spacial score (nSPS) is 21.5. The minimum atomic E-state index is -3.71. The first kappa shape index (κ1) is 20.3. The molecule has 1 fully saturated rings. The number of benzene rings is 1. The van der Waals surface area contributed by atoms with Crippen molar-refractivity contribution in [3.05, 3.63) is 30.3 Å². The Morgan fingerprint density at radius 3 is 2.48 bits per heavy atom. The SMILES string of the molecule is COCC1(CNS(=O)(=O)CCNS(=O)(=O)c2ccccc2)CCCN1. The fourth-order valence-electron chi connectivity index (χ4n) is 2.78. The molecule has 1 aromatic carbocycles. The number of nitrogens with one attached hydrogen (secondary N) is 3. The molecule has 8 nitrogen and oxygen atoms in total. The summed E-state index contributed by atoms with van der Waals surface area (Å²) in [6.45, 7) is 1.25. The van der Waals surface area contributed by atoms with Crippen molar-refractivity contribution in [2.24, 2.45) is 0 Å². The third kappa shape index (κ3) is 6.01. The van der Waals surface area contributed by atoms with Gasteiger partial charge in [-0.15, -0.1) is 0 Å². The summed E-state index contributed by atoms with van der Waals surface area (Å²) in [7, 11) is -5.73. The van der Waals surface area contributed by atoms with E-state index in [-0.39, 0.29) is 23.7 Å². The van der Waals surface area contributed by atoms with E-state index >= 15 is 0 Å². The molecule has 0 saturated carbocycles. The van der Waals surface area contributed by atoms with Gasteiger partial charge in [0.2, 0.25) is 20.0 Å². The Labute approximate surface area is 149 Å². The predicted molar refractivity (Wildman–Crippen MR) is 95.3 cm³/mol. The first-order valence-corrected chi connectivity index (χ1v) is 11.2. The highest BCUT2D eigenvalue weighted by Crippen LogP contribution is 2.19. The van der Waals surface area contributed by atoms with Crippen LogP contribution in [0.15, 0.2) is 35.2 Å². The van der Waals surface area contributed by atoms with Crippen molar-refractivity contribution in [3.63, 3.8) is 0 Å². The highest BCUT2D eigenvalue weighted by Gasteiger charge is 2.34. The molecule has 2 rings (SSSR count). The zero-order valence-corrected chi connectivity index (χ0v) is 15.8. The van der Waals surface area contributed by atoms with E-state index in [1.54, 1.807) is 25.3 Å². The maximum absolute atomic E-state index is 12.1. The van der Waals surface area contributed by atoms with Crippen molar-refractivity contribution >= 4 is 20.0 Å². The number of sulfonamides is 2. The van der Waals surface area contributed by atoms with Crippen LogP contribution in [0.2, 0.25) is 0 Å². The number of ether oxygens (including phenoxy) is 1. The van der Waals surface area contributed by atoms with Gasteiger partial charge in [0.05, 0.1) is 22.8 Å². The van der Waals surface area contributed by atoms with Gasteiger partial charge in [0, 0.05) is 20.2 Å². The van der Waals surface area contributed by atoms with Crippen LogP contribution >= 0.6 is 0 Å². The molecule has 0 spiro atoms. The molecule has 0 radical (unpaired) electrons. The Balaban J connectivity index is 1.85. The van der Waals surface area contributed by atoms with Crippen molar-refractivity contribution in [2.45, 2.75) is 23.3 Å². The summed E-state index contributed by atoms with van der Waals surface area (Å²) < 4.78 is 58.5. The minimum Gasteiger partial charge on any atom is -0.383 e. The zero-order chi connectivity index (χ0) is 18.4. The predicted octanol–water partition coefficient (Wildman–Crippen LogP) is -0.347. The van der Waals surface area contributed by atoms with E-state index in [1.807, 2.05) is 0 Å². The Kier molecular flexibility index (Phi) is 6.94. The van der Waals surface area contributed by atoms with Gasteiger partial charge in [-0.3, -0.25) is 0 Å². The van der Waals surface area contributed by atoms with Gasteiger partial charge in [-0.2, -0.15) is 0 Å². The summed E-state index contributed by atoms with van der Waals surface area (Å²) in [6, 6.07) is 7.83. The molecule has 0 amide bonds. The molecule has 1 aliphatic heterocycles. The van der Waals surface area contributed by atoms with Gasteiger partial charge < -0.3 is 10.1 Å². The van der Waals surface area contributed by atoms with Crippen molar-refractivity contribution < 1.29 is 21.6 Å². The number of methoxy groups -OCH3 is 1. The third-order valence-corrected chi connectivity index (χ3v) is 6.90. The largest absolute Gasteiger partial charge is 0.383 e. The van der Waals surface area contributed by atoms with Gasteiger partial charge in [0.15, 0.2) is 0 Å². The lowest BCUT2D eigenvalue weighted by Crippen LogP contribution is -2.53. The molecule has 0 aromatic heterocycles. The lowest BCUT2D eigenvalue weighted by molar-refractivity contribution is 0.122. The monoisotopic (exact) mass is 391 g/mol. The molecule has 1 aliphatic rings. The molecule has 0 bridgehead atoms. The van der Waals surface area contributed by atoms with Crippen LogP contribution in [0.5, 0.6) is 0 Å². The summed E-state index contributed by atoms with van der Waals surface area (Å²) in [5, 5.41) is 3.28. The van der Waals surface area contributed by atoms with Gasteiger partial charge in [0.25, 0.3) is 0 Å². The van der Waals surface area contributed by atoms with E-state index < -0.39 is 25.6 Å². The van der Waals surface area contributed by atoms with Crippen LogP contribution in [0.1, 0.15) is 12.8 Å². The smallest absolute Gasteiger partial charge is 0.240 e. The Hall–Kier alpha value is -1.04. The second kappa shape index (κ2) is 8.56. The van der Waals surface area contributed by atoms with Crippen molar-refractivity contribution in [1.29, 1.82) is 0 Å². The molecule has 25 heavy (non-hydrogen) atoms. The second-order valence-corrected chi connectivity index (χ2v) is 9.79. The average Bonchev–Trinajstić information content (AvgIpc) is 3.03. The molecule has 0 aliphatic carbocycles. The molecule has 3 N–H and O–H groups in total. The van der Waals surface area contributed by atoms with Crippen LogP contribution in [0.4, 0.5) is 0 Å². The number of hydrogen-bond acceptors (Lipinski definition) is 6. The Morgan fingerprint density at radius 1 is 1.16 bits per heavy atom. The fourth-order valence-corrected chi connectivity index (χ4v) is 4.98. The molecule has 1 unspecified atom stereocenters. The van der Waals surface area contributed by atoms with E-state index in [0.717, 1.165) is 19.4 Å². The number of hydrogen-bond donors (Lipinski definition) is 3. The molecule has 10 heteroatoms. The molecule has 1 saturated heterocycles. The van der Waals surface area contributed by atoms with Gasteiger partial charge in [-0.1, -0.05) is 18.2 Å². The van der Waals surface area contributed by atoms with Crippen LogP contribution in [0, 0.1) is 0 Å². The zero-order valence-electron chi connectivity index (χ0n) is 14.2. The van der Waals surface area contributed by atoms with Crippen LogP contribution in [0.3, 0.4) is 0 Å². The van der Waals surface area contributed by atoms with Crippen LogP contribution in [-0.2, 0) is 24.8 Å². The molecular weight excluding hydrogens is 366 g/mol. The van der Waals surface area contributed by atoms with Gasteiger partial charge in [0.1, 0.15) is 0 Å². The topological polar surface area (TPSA) is 114 Å². The van der Waals surface area contributed by atoms with Gasteiger partial charge >= 0.3 is 0 Å². The van der Waals surface area contributed by atoms with Crippen LogP contribution in [0.25, 0.3) is 0 Å². The number of rotatable bonds is 10. The summed E-state index contributed by atoms with van der Waals surface area (Å²) in [6.07, 6.45) is 1.78. The standard InChI is InChI=1S/C15H25N3O5S2/c1-23-13-15(8-5-9-16-15)12-18-24(19,20)11-10-17-25(21,22)14-6-3-2-4-7-14/h2-4,6-7,16-18H,5,8-13H2,1H3. The molecular formula is C15H25N3O5S2. The summed E-state index contributed by atoms with van der Waals surface area (Å²) in [5.41, 5.74) is -0.397. The molecule has 1 aromatic rings. The summed E-state index contributed by atoms with van der Waals surface area (Å²) >= 11 is 0.